The Morgan fingerprint density at radius 3 is 2.25 bits per heavy atom. The van der Waals surface area contributed by atoms with Crippen LogP contribution in [0.2, 0.25) is 0 Å². The fraction of sp³-hybridized carbons (Fsp3) is 0.231. The van der Waals surface area contributed by atoms with Gasteiger partial charge >= 0.3 is 0 Å². The van der Waals surface area contributed by atoms with Crippen molar-refractivity contribution in [3.63, 3.8) is 0 Å². The van der Waals surface area contributed by atoms with E-state index in [0.29, 0.717) is 6.42 Å². The van der Waals surface area contributed by atoms with E-state index in [1.54, 1.807) is 6.08 Å². The molecule has 2 nitrogen and oxygen atoms in total. The highest BCUT2D eigenvalue weighted by atomic mass is 79.9. The minimum Gasteiger partial charge on any atom is -0.197 e. The molecule has 3 heteroatoms. The smallest absolute Gasteiger partial charge is 0.140 e. The summed E-state index contributed by atoms with van der Waals surface area (Å²) in [5, 5.41) is 17.8. The lowest BCUT2D eigenvalue weighted by atomic mass is 9.85. The SMILES string of the molecule is C=CCC(c1ccc(Br)cc1)C(C#N)C#N. The fourth-order valence-electron chi connectivity index (χ4n) is 1.56. The zero-order chi connectivity index (χ0) is 12.0. The van der Waals surface area contributed by atoms with Gasteiger partial charge in [0.05, 0.1) is 12.1 Å². The van der Waals surface area contributed by atoms with Crippen LogP contribution >= 0.6 is 15.9 Å². The quantitative estimate of drug-likeness (QED) is 0.785. The molecule has 0 aliphatic rings. The summed E-state index contributed by atoms with van der Waals surface area (Å²) in [5.74, 6) is -0.722. The predicted molar refractivity (Wildman–Crippen MR) is 66.4 cm³/mol. The molecule has 0 radical (unpaired) electrons. The van der Waals surface area contributed by atoms with Gasteiger partial charge in [-0.3, -0.25) is 0 Å². The Bertz CT molecular complexity index is 422. The molecule has 16 heavy (non-hydrogen) atoms. The van der Waals surface area contributed by atoms with Crippen LogP contribution in [0.1, 0.15) is 17.9 Å². The number of nitrogens with zero attached hydrogens (tertiary/aromatic N) is 2. The van der Waals surface area contributed by atoms with Gasteiger partial charge in [0.2, 0.25) is 0 Å². The zero-order valence-corrected chi connectivity index (χ0v) is 10.3. The Labute approximate surface area is 104 Å². The first-order chi connectivity index (χ1) is 7.72. The fourth-order valence-corrected chi connectivity index (χ4v) is 1.83. The van der Waals surface area contributed by atoms with Gasteiger partial charge in [-0.25, -0.2) is 0 Å². The van der Waals surface area contributed by atoms with E-state index in [0.717, 1.165) is 10.0 Å². The Hall–Kier alpha value is -1.58. The average Bonchev–Trinajstić information content (AvgIpc) is 2.31. The van der Waals surface area contributed by atoms with Gasteiger partial charge in [-0.1, -0.05) is 34.1 Å². The molecule has 1 rings (SSSR count). The third kappa shape index (κ3) is 2.95. The Balaban J connectivity index is 3.03. The second-order valence-corrected chi connectivity index (χ2v) is 4.33. The Morgan fingerprint density at radius 1 is 1.25 bits per heavy atom. The molecule has 0 N–H and O–H groups in total. The number of hydrogen-bond acceptors (Lipinski definition) is 2. The number of hydrogen-bond donors (Lipinski definition) is 0. The second kappa shape index (κ2) is 6.10. The molecule has 0 amide bonds. The van der Waals surface area contributed by atoms with Crippen molar-refractivity contribution in [1.82, 2.24) is 0 Å². The minimum absolute atomic E-state index is 0.0967. The molecule has 1 atom stereocenters. The lowest BCUT2D eigenvalue weighted by Crippen LogP contribution is -2.08. The molecule has 0 saturated carbocycles. The van der Waals surface area contributed by atoms with Gasteiger partial charge in [-0.15, -0.1) is 6.58 Å². The van der Waals surface area contributed by atoms with E-state index in [2.05, 4.69) is 22.5 Å². The van der Waals surface area contributed by atoms with Crippen molar-refractivity contribution < 1.29 is 0 Å². The second-order valence-electron chi connectivity index (χ2n) is 3.42. The van der Waals surface area contributed by atoms with Gasteiger partial charge in [-0.05, 0) is 24.1 Å². The van der Waals surface area contributed by atoms with Gasteiger partial charge in [0.15, 0.2) is 0 Å². The summed E-state index contributed by atoms with van der Waals surface area (Å²) in [4.78, 5) is 0. The molecular weight excluding hydrogens is 264 g/mol. The number of benzene rings is 1. The predicted octanol–water partition coefficient (Wildman–Crippen LogP) is 3.77. The Morgan fingerprint density at radius 2 is 1.81 bits per heavy atom. The zero-order valence-electron chi connectivity index (χ0n) is 8.73. The molecule has 0 saturated heterocycles. The topological polar surface area (TPSA) is 47.6 Å². The Kier molecular flexibility index (Phi) is 4.76. The van der Waals surface area contributed by atoms with E-state index in [9.17, 15) is 0 Å². The van der Waals surface area contributed by atoms with Gasteiger partial charge in [0.1, 0.15) is 5.92 Å². The van der Waals surface area contributed by atoms with E-state index >= 15 is 0 Å². The molecule has 0 aliphatic heterocycles. The first kappa shape index (κ1) is 12.5. The monoisotopic (exact) mass is 274 g/mol. The van der Waals surface area contributed by atoms with Crippen LogP contribution in [0.15, 0.2) is 41.4 Å². The van der Waals surface area contributed by atoms with Crippen LogP contribution in [-0.2, 0) is 0 Å². The standard InChI is InChI=1S/C13H11BrN2/c1-2-3-13(11(8-15)9-16)10-4-6-12(14)7-5-10/h2,4-7,11,13H,1,3H2. The van der Waals surface area contributed by atoms with Crippen molar-refractivity contribution in [2.45, 2.75) is 12.3 Å². The van der Waals surface area contributed by atoms with Gasteiger partial charge in [-0.2, -0.15) is 10.5 Å². The van der Waals surface area contributed by atoms with Gasteiger partial charge < -0.3 is 0 Å². The van der Waals surface area contributed by atoms with Crippen LogP contribution in [-0.4, -0.2) is 0 Å². The van der Waals surface area contributed by atoms with E-state index < -0.39 is 5.92 Å². The molecule has 1 aromatic carbocycles. The molecule has 0 heterocycles. The highest BCUT2D eigenvalue weighted by Crippen LogP contribution is 2.28. The van der Waals surface area contributed by atoms with Crippen LogP contribution < -0.4 is 0 Å². The summed E-state index contributed by atoms with van der Waals surface area (Å²) in [7, 11) is 0. The van der Waals surface area contributed by atoms with Crippen molar-refractivity contribution in [3.05, 3.63) is 47.0 Å². The third-order valence-electron chi connectivity index (χ3n) is 2.40. The molecule has 0 bridgehead atoms. The molecular formula is C13H11BrN2. The van der Waals surface area contributed by atoms with Crippen molar-refractivity contribution >= 4 is 15.9 Å². The average molecular weight is 275 g/mol. The molecule has 1 aromatic rings. The maximum atomic E-state index is 8.92. The van der Waals surface area contributed by atoms with E-state index in [-0.39, 0.29) is 5.92 Å². The minimum atomic E-state index is -0.626. The maximum absolute atomic E-state index is 8.92. The van der Waals surface area contributed by atoms with Crippen molar-refractivity contribution in [2.75, 3.05) is 0 Å². The summed E-state index contributed by atoms with van der Waals surface area (Å²) in [5.41, 5.74) is 0.996. The molecule has 0 aromatic heterocycles. The maximum Gasteiger partial charge on any atom is 0.140 e. The number of halogens is 1. The first-order valence-electron chi connectivity index (χ1n) is 4.88. The third-order valence-corrected chi connectivity index (χ3v) is 2.93. The summed E-state index contributed by atoms with van der Waals surface area (Å²) in [6.45, 7) is 3.67. The van der Waals surface area contributed by atoms with E-state index in [1.807, 2.05) is 36.4 Å². The van der Waals surface area contributed by atoms with E-state index in [4.69, 9.17) is 10.5 Å². The largest absolute Gasteiger partial charge is 0.197 e. The summed E-state index contributed by atoms with van der Waals surface area (Å²) in [6, 6.07) is 11.7. The number of rotatable bonds is 4. The highest BCUT2D eigenvalue weighted by molar-refractivity contribution is 9.10. The molecule has 0 spiro atoms. The lowest BCUT2D eigenvalue weighted by Gasteiger charge is -2.15. The van der Waals surface area contributed by atoms with Gasteiger partial charge in [0.25, 0.3) is 0 Å². The normalized spacial score (nSPS) is 11.5. The number of nitriles is 2. The summed E-state index contributed by atoms with van der Waals surface area (Å²) >= 11 is 3.35. The van der Waals surface area contributed by atoms with Crippen molar-refractivity contribution in [1.29, 1.82) is 10.5 Å². The van der Waals surface area contributed by atoms with E-state index in [1.165, 1.54) is 0 Å². The van der Waals surface area contributed by atoms with Crippen LogP contribution in [0.4, 0.5) is 0 Å². The van der Waals surface area contributed by atoms with Crippen LogP contribution in [0.5, 0.6) is 0 Å². The first-order valence-corrected chi connectivity index (χ1v) is 5.67. The van der Waals surface area contributed by atoms with Gasteiger partial charge in [0, 0.05) is 10.4 Å². The van der Waals surface area contributed by atoms with Crippen molar-refractivity contribution in [3.8, 4) is 12.1 Å². The summed E-state index contributed by atoms with van der Waals surface area (Å²) < 4.78 is 0.985. The molecule has 1 unspecified atom stereocenters. The molecule has 80 valence electrons. The van der Waals surface area contributed by atoms with Crippen LogP contribution in [0, 0.1) is 28.6 Å². The molecule has 0 aliphatic carbocycles. The summed E-state index contributed by atoms with van der Waals surface area (Å²) in [6.07, 6.45) is 2.38. The highest BCUT2D eigenvalue weighted by Gasteiger charge is 2.21. The number of allylic oxidation sites excluding steroid dienone is 1. The van der Waals surface area contributed by atoms with Crippen molar-refractivity contribution in [2.24, 2.45) is 5.92 Å². The lowest BCUT2D eigenvalue weighted by molar-refractivity contribution is 0.620. The molecule has 0 fully saturated rings. The van der Waals surface area contributed by atoms with Crippen LogP contribution in [0.25, 0.3) is 0 Å². The van der Waals surface area contributed by atoms with Crippen LogP contribution in [0.3, 0.4) is 0 Å².